The highest BCUT2D eigenvalue weighted by atomic mass is 127. The summed E-state index contributed by atoms with van der Waals surface area (Å²) in [5.41, 5.74) is 1.27. The molecule has 0 aliphatic carbocycles. The fourth-order valence-electron chi connectivity index (χ4n) is 2.33. The zero-order valence-corrected chi connectivity index (χ0v) is 13.8. The molecule has 1 aromatic heterocycles. The average Bonchev–Trinajstić information content (AvgIpc) is 2.89. The number of carbonyl (C=O) groups excluding carboxylic acids is 1. The summed E-state index contributed by atoms with van der Waals surface area (Å²) in [6.45, 7) is 0. The highest BCUT2D eigenvalue weighted by Crippen LogP contribution is 2.24. The van der Waals surface area contributed by atoms with Crippen molar-refractivity contribution in [2.75, 3.05) is 7.11 Å². The van der Waals surface area contributed by atoms with Gasteiger partial charge in [-0.1, -0.05) is 18.2 Å². The van der Waals surface area contributed by atoms with Gasteiger partial charge < -0.3 is 4.74 Å². The van der Waals surface area contributed by atoms with Crippen LogP contribution in [0.3, 0.4) is 0 Å². The molecule has 2 aromatic carbocycles. The summed E-state index contributed by atoms with van der Waals surface area (Å²) in [6.07, 6.45) is 1.76. The maximum absolute atomic E-state index is 13.5. The van der Waals surface area contributed by atoms with Crippen LogP contribution in [0.1, 0.15) is 11.6 Å². The van der Waals surface area contributed by atoms with Crippen molar-refractivity contribution in [1.82, 2.24) is 9.78 Å². The number of aromatic nitrogens is 2. The SMILES string of the molecule is COC(=O)[C@@H](c1cccc(F)c1)n1cc2ccc(I)cc2n1. The van der Waals surface area contributed by atoms with Gasteiger partial charge in [0.1, 0.15) is 5.82 Å². The van der Waals surface area contributed by atoms with Gasteiger partial charge in [-0.15, -0.1) is 0 Å². The summed E-state index contributed by atoms with van der Waals surface area (Å²) in [7, 11) is 1.31. The largest absolute Gasteiger partial charge is 0.467 e. The molecule has 3 aromatic rings. The number of ether oxygens (including phenoxy) is 1. The molecule has 112 valence electrons. The van der Waals surface area contributed by atoms with Gasteiger partial charge in [-0.25, -0.2) is 9.18 Å². The Morgan fingerprint density at radius 2 is 2.14 bits per heavy atom. The molecule has 6 heteroatoms. The Kier molecular flexibility index (Phi) is 4.10. The quantitative estimate of drug-likeness (QED) is 0.490. The van der Waals surface area contributed by atoms with Crippen molar-refractivity contribution in [3.63, 3.8) is 0 Å². The van der Waals surface area contributed by atoms with Crippen LogP contribution in [-0.4, -0.2) is 22.9 Å². The molecule has 0 amide bonds. The van der Waals surface area contributed by atoms with Crippen LogP contribution in [0.5, 0.6) is 0 Å². The molecule has 22 heavy (non-hydrogen) atoms. The molecule has 0 unspecified atom stereocenters. The first-order valence-corrected chi connectivity index (χ1v) is 7.64. The highest BCUT2D eigenvalue weighted by Gasteiger charge is 2.25. The van der Waals surface area contributed by atoms with E-state index in [-0.39, 0.29) is 0 Å². The zero-order chi connectivity index (χ0) is 15.7. The lowest BCUT2D eigenvalue weighted by Crippen LogP contribution is -2.22. The van der Waals surface area contributed by atoms with Gasteiger partial charge in [0, 0.05) is 15.2 Å². The zero-order valence-electron chi connectivity index (χ0n) is 11.7. The lowest BCUT2D eigenvalue weighted by molar-refractivity contribution is -0.143. The third-order valence-electron chi connectivity index (χ3n) is 3.34. The molecule has 0 saturated carbocycles. The number of carbonyl (C=O) groups is 1. The fraction of sp³-hybridized carbons (Fsp3) is 0.125. The Morgan fingerprint density at radius 3 is 2.86 bits per heavy atom. The second kappa shape index (κ2) is 6.04. The van der Waals surface area contributed by atoms with E-state index < -0.39 is 17.8 Å². The minimum Gasteiger partial charge on any atom is -0.467 e. The number of halogens is 2. The van der Waals surface area contributed by atoms with Crippen LogP contribution in [-0.2, 0) is 9.53 Å². The van der Waals surface area contributed by atoms with Gasteiger partial charge in [0.15, 0.2) is 6.04 Å². The molecular formula is C16H12FIN2O2. The molecule has 3 rings (SSSR count). The summed E-state index contributed by atoms with van der Waals surface area (Å²) in [4.78, 5) is 12.2. The maximum atomic E-state index is 13.5. The Morgan fingerprint density at radius 1 is 1.32 bits per heavy atom. The number of nitrogens with zero attached hydrogens (tertiary/aromatic N) is 2. The van der Waals surface area contributed by atoms with E-state index in [0.717, 1.165) is 14.5 Å². The second-order valence-electron chi connectivity index (χ2n) is 4.79. The van der Waals surface area contributed by atoms with E-state index in [1.165, 1.54) is 23.9 Å². The molecule has 0 aliphatic rings. The van der Waals surface area contributed by atoms with Crippen molar-refractivity contribution in [3.8, 4) is 0 Å². The molecule has 0 N–H and O–H groups in total. The predicted molar refractivity (Wildman–Crippen MR) is 89.0 cm³/mol. The van der Waals surface area contributed by atoms with Crippen LogP contribution in [0.4, 0.5) is 4.39 Å². The molecule has 0 fully saturated rings. The number of methoxy groups -OCH3 is 1. The summed E-state index contributed by atoms with van der Waals surface area (Å²) in [5, 5.41) is 5.35. The number of esters is 1. The predicted octanol–water partition coefficient (Wildman–Crippen LogP) is 3.54. The molecule has 0 radical (unpaired) electrons. The molecular weight excluding hydrogens is 398 g/mol. The van der Waals surface area contributed by atoms with Crippen LogP contribution in [0, 0.1) is 9.39 Å². The van der Waals surface area contributed by atoms with E-state index in [4.69, 9.17) is 4.74 Å². The molecule has 0 bridgehead atoms. The summed E-state index contributed by atoms with van der Waals surface area (Å²) >= 11 is 2.20. The normalized spacial score (nSPS) is 12.3. The molecule has 1 heterocycles. The number of hydrogen-bond donors (Lipinski definition) is 0. The molecule has 1 atom stereocenters. The van der Waals surface area contributed by atoms with Crippen LogP contribution in [0.2, 0.25) is 0 Å². The summed E-state index contributed by atoms with van der Waals surface area (Å²) in [6, 6.07) is 10.9. The van der Waals surface area contributed by atoms with Gasteiger partial charge in [0.25, 0.3) is 0 Å². The lowest BCUT2D eigenvalue weighted by Gasteiger charge is -2.15. The fourth-order valence-corrected chi connectivity index (χ4v) is 2.80. The first-order valence-electron chi connectivity index (χ1n) is 6.56. The first kappa shape index (κ1) is 15.0. The third-order valence-corrected chi connectivity index (χ3v) is 4.01. The van der Waals surface area contributed by atoms with Crippen LogP contribution in [0.25, 0.3) is 10.9 Å². The second-order valence-corrected chi connectivity index (χ2v) is 6.04. The summed E-state index contributed by atoms with van der Waals surface area (Å²) in [5.74, 6) is -0.897. The molecule has 0 aliphatic heterocycles. The van der Waals surface area contributed by atoms with Crippen molar-refractivity contribution in [2.24, 2.45) is 0 Å². The van der Waals surface area contributed by atoms with Crippen molar-refractivity contribution in [3.05, 3.63) is 63.6 Å². The van der Waals surface area contributed by atoms with E-state index in [2.05, 4.69) is 27.7 Å². The highest BCUT2D eigenvalue weighted by molar-refractivity contribution is 14.1. The lowest BCUT2D eigenvalue weighted by atomic mass is 10.1. The maximum Gasteiger partial charge on any atom is 0.335 e. The first-order chi connectivity index (χ1) is 10.6. The molecule has 4 nitrogen and oxygen atoms in total. The van der Waals surface area contributed by atoms with Gasteiger partial charge in [0.05, 0.1) is 12.6 Å². The van der Waals surface area contributed by atoms with Crippen molar-refractivity contribution < 1.29 is 13.9 Å². The molecule has 0 saturated heterocycles. The van der Waals surface area contributed by atoms with E-state index >= 15 is 0 Å². The van der Waals surface area contributed by atoms with E-state index in [1.807, 2.05) is 18.2 Å². The Balaban J connectivity index is 2.13. The van der Waals surface area contributed by atoms with Gasteiger partial charge in [-0.2, -0.15) is 5.10 Å². The average molecular weight is 410 g/mol. The van der Waals surface area contributed by atoms with Crippen molar-refractivity contribution >= 4 is 39.5 Å². The number of rotatable bonds is 3. The van der Waals surface area contributed by atoms with Crippen molar-refractivity contribution in [2.45, 2.75) is 6.04 Å². The minimum atomic E-state index is -0.814. The standard InChI is InChI=1S/C16H12FIN2O2/c1-22-16(21)15(10-3-2-4-12(17)7-10)20-9-11-5-6-13(18)8-14(11)19-20/h2-9,15H,1H3/t15-/m1/s1. The number of hydrogen-bond acceptors (Lipinski definition) is 3. The third kappa shape index (κ3) is 2.83. The molecule has 0 spiro atoms. The van der Waals surface area contributed by atoms with E-state index in [1.54, 1.807) is 18.3 Å². The minimum absolute atomic E-state index is 0.405. The van der Waals surface area contributed by atoms with Gasteiger partial charge in [-0.05, 0) is 52.4 Å². The van der Waals surface area contributed by atoms with Crippen LogP contribution >= 0.6 is 22.6 Å². The number of fused-ring (bicyclic) bond motifs is 1. The topological polar surface area (TPSA) is 44.1 Å². The van der Waals surface area contributed by atoms with E-state index in [0.29, 0.717) is 5.56 Å². The number of benzene rings is 2. The van der Waals surface area contributed by atoms with Gasteiger partial charge >= 0.3 is 5.97 Å². The Hall–Kier alpha value is -1.96. The smallest absolute Gasteiger partial charge is 0.335 e. The van der Waals surface area contributed by atoms with Crippen molar-refractivity contribution in [1.29, 1.82) is 0 Å². The van der Waals surface area contributed by atoms with Crippen LogP contribution < -0.4 is 0 Å². The van der Waals surface area contributed by atoms with E-state index in [9.17, 15) is 9.18 Å². The van der Waals surface area contributed by atoms with Crippen LogP contribution in [0.15, 0.2) is 48.7 Å². The van der Waals surface area contributed by atoms with Gasteiger partial charge in [-0.3, -0.25) is 4.68 Å². The Bertz CT molecular complexity index is 847. The van der Waals surface area contributed by atoms with Gasteiger partial charge in [0.2, 0.25) is 0 Å². The summed E-state index contributed by atoms with van der Waals surface area (Å²) < 4.78 is 20.9. The Labute approximate surface area is 140 Å². The monoisotopic (exact) mass is 410 g/mol.